The zero-order chi connectivity index (χ0) is 18.8. The summed E-state index contributed by atoms with van der Waals surface area (Å²) in [6.07, 6.45) is 0. The molecule has 0 aliphatic heterocycles. The maximum absolute atomic E-state index is 13.1. The number of nitrogens with zero attached hydrogens (tertiary/aromatic N) is 4. The molecular weight excluding hydrogens is 449 g/mol. The van der Waals surface area contributed by atoms with Gasteiger partial charge in [0.15, 0.2) is 5.82 Å². The fraction of sp³-hybridized carbons (Fsp3) is 0.0556. The van der Waals surface area contributed by atoms with Crippen LogP contribution in [-0.4, -0.2) is 19.9 Å². The van der Waals surface area contributed by atoms with Crippen molar-refractivity contribution < 1.29 is 4.39 Å². The fourth-order valence-electron chi connectivity index (χ4n) is 2.44. The van der Waals surface area contributed by atoms with Crippen molar-refractivity contribution in [1.29, 1.82) is 0 Å². The number of thiazole rings is 1. The normalized spacial score (nSPS) is 11.0. The molecule has 5 nitrogen and oxygen atoms in total. The van der Waals surface area contributed by atoms with E-state index in [1.807, 2.05) is 29.6 Å². The van der Waals surface area contributed by atoms with Gasteiger partial charge >= 0.3 is 0 Å². The van der Waals surface area contributed by atoms with Crippen LogP contribution in [0.1, 0.15) is 5.69 Å². The first-order chi connectivity index (χ1) is 13.1. The molecule has 9 heteroatoms. The van der Waals surface area contributed by atoms with Gasteiger partial charge in [-0.3, -0.25) is 0 Å². The summed E-state index contributed by atoms with van der Waals surface area (Å²) in [5.74, 6) is 7.13. The molecule has 2 heterocycles. The van der Waals surface area contributed by atoms with E-state index in [0.29, 0.717) is 16.7 Å². The summed E-state index contributed by atoms with van der Waals surface area (Å²) in [5.41, 5.74) is 2.69. The van der Waals surface area contributed by atoms with Gasteiger partial charge in [0.2, 0.25) is 5.16 Å². The Bertz CT molecular complexity index is 1080. The summed E-state index contributed by atoms with van der Waals surface area (Å²) in [6, 6.07) is 14.0. The van der Waals surface area contributed by atoms with Gasteiger partial charge in [0.25, 0.3) is 0 Å². The van der Waals surface area contributed by atoms with Crippen LogP contribution in [0.15, 0.2) is 63.5 Å². The van der Waals surface area contributed by atoms with Crippen LogP contribution in [0.5, 0.6) is 0 Å². The van der Waals surface area contributed by atoms with Crippen molar-refractivity contribution in [3.05, 3.63) is 69.9 Å². The SMILES string of the molecule is Nn1c(SCc2csc(-c3ccc(F)cc3)n2)nnc1-c1ccccc1Br. The predicted octanol–water partition coefficient (Wildman–Crippen LogP) is 4.98. The van der Waals surface area contributed by atoms with E-state index in [-0.39, 0.29) is 5.82 Å². The lowest BCUT2D eigenvalue weighted by molar-refractivity contribution is 0.628. The number of hydrogen-bond acceptors (Lipinski definition) is 6. The van der Waals surface area contributed by atoms with Gasteiger partial charge in [0.05, 0.1) is 5.69 Å². The number of nitrogen functional groups attached to an aromatic ring is 1. The Hall–Kier alpha value is -2.23. The van der Waals surface area contributed by atoms with Crippen LogP contribution in [0.25, 0.3) is 22.0 Å². The molecule has 4 aromatic rings. The summed E-state index contributed by atoms with van der Waals surface area (Å²) in [7, 11) is 0. The molecule has 2 aromatic carbocycles. The molecule has 0 bridgehead atoms. The first-order valence-corrected chi connectivity index (χ1v) is 10.6. The average Bonchev–Trinajstić information content (AvgIpc) is 3.28. The van der Waals surface area contributed by atoms with Gasteiger partial charge in [-0.1, -0.05) is 39.8 Å². The van der Waals surface area contributed by atoms with Gasteiger partial charge in [0, 0.05) is 26.7 Å². The van der Waals surface area contributed by atoms with E-state index >= 15 is 0 Å². The number of benzene rings is 2. The Kier molecular flexibility index (Phi) is 5.24. The van der Waals surface area contributed by atoms with Crippen LogP contribution in [0.3, 0.4) is 0 Å². The zero-order valence-corrected chi connectivity index (χ0v) is 17.1. The molecule has 4 rings (SSSR count). The third kappa shape index (κ3) is 3.90. The molecule has 2 N–H and O–H groups in total. The Labute approximate surface area is 171 Å². The number of halogens is 2. The highest BCUT2D eigenvalue weighted by Gasteiger charge is 2.15. The number of nitrogens with two attached hydrogens (primary N) is 1. The summed E-state index contributed by atoms with van der Waals surface area (Å²) < 4.78 is 15.4. The van der Waals surface area contributed by atoms with Gasteiger partial charge in [-0.2, -0.15) is 0 Å². The van der Waals surface area contributed by atoms with Crippen LogP contribution in [0.2, 0.25) is 0 Å². The molecule has 0 aliphatic rings. The smallest absolute Gasteiger partial charge is 0.210 e. The molecular formula is C18H13BrFN5S2. The van der Waals surface area contributed by atoms with Crippen molar-refractivity contribution in [1.82, 2.24) is 19.9 Å². The first-order valence-electron chi connectivity index (χ1n) is 7.90. The zero-order valence-electron chi connectivity index (χ0n) is 13.8. The monoisotopic (exact) mass is 461 g/mol. The van der Waals surface area contributed by atoms with Gasteiger partial charge in [-0.25, -0.2) is 14.1 Å². The largest absolute Gasteiger partial charge is 0.335 e. The maximum atomic E-state index is 13.1. The molecule has 0 unspecified atom stereocenters. The molecule has 2 aromatic heterocycles. The minimum absolute atomic E-state index is 0.255. The van der Waals surface area contributed by atoms with E-state index in [9.17, 15) is 4.39 Å². The Morgan fingerprint density at radius 3 is 2.67 bits per heavy atom. The summed E-state index contributed by atoms with van der Waals surface area (Å²) in [6.45, 7) is 0. The Balaban J connectivity index is 1.49. The van der Waals surface area contributed by atoms with Crippen LogP contribution >= 0.6 is 39.0 Å². The van der Waals surface area contributed by atoms with Crippen LogP contribution in [0, 0.1) is 5.82 Å². The number of hydrogen-bond donors (Lipinski definition) is 1. The molecule has 0 radical (unpaired) electrons. The first kappa shape index (κ1) is 18.1. The molecule has 0 fully saturated rings. The third-order valence-electron chi connectivity index (χ3n) is 3.77. The van der Waals surface area contributed by atoms with E-state index in [2.05, 4.69) is 31.1 Å². The van der Waals surface area contributed by atoms with Crippen molar-refractivity contribution in [2.75, 3.05) is 5.84 Å². The standard InChI is InChI=1S/C18H13BrFN5S2/c19-15-4-2-1-3-14(15)16-23-24-18(25(16)21)27-10-13-9-26-17(22-13)11-5-7-12(20)8-6-11/h1-9H,10,21H2. The van der Waals surface area contributed by atoms with Gasteiger partial charge < -0.3 is 5.84 Å². The van der Waals surface area contributed by atoms with E-state index in [0.717, 1.165) is 26.3 Å². The minimum atomic E-state index is -0.255. The summed E-state index contributed by atoms with van der Waals surface area (Å²) in [5, 5.41) is 11.8. The van der Waals surface area contributed by atoms with Crippen LogP contribution in [-0.2, 0) is 5.75 Å². The van der Waals surface area contributed by atoms with Crippen molar-refractivity contribution >= 4 is 39.0 Å². The maximum Gasteiger partial charge on any atom is 0.210 e. The summed E-state index contributed by atoms with van der Waals surface area (Å²) in [4.78, 5) is 4.60. The minimum Gasteiger partial charge on any atom is -0.335 e. The van der Waals surface area contributed by atoms with Crippen molar-refractivity contribution in [3.8, 4) is 22.0 Å². The molecule has 0 atom stereocenters. The van der Waals surface area contributed by atoms with Crippen molar-refractivity contribution in [2.24, 2.45) is 0 Å². The lowest BCUT2D eigenvalue weighted by Gasteiger charge is -2.04. The van der Waals surface area contributed by atoms with Crippen LogP contribution in [0.4, 0.5) is 4.39 Å². The van der Waals surface area contributed by atoms with Gasteiger partial charge in [-0.05, 0) is 36.4 Å². The van der Waals surface area contributed by atoms with Gasteiger partial charge in [0.1, 0.15) is 10.8 Å². The number of aromatic nitrogens is 4. The third-order valence-corrected chi connectivity index (χ3v) is 6.38. The average molecular weight is 462 g/mol. The van der Waals surface area contributed by atoms with E-state index in [1.165, 1.54) is 39.9 Å². The molecule has 0 spiro atoms. The highest BCUT2D eigenvalue weighted by atomic mass is 79.9. The van der Waals surface area contributed by atoms with E-state index < -0.39 is 0 Å². The second-order valence-corrected chi connectivity index (χ2v) is 8.25. The lowest BCUT2D eigenvalue weighted by Crippen LogP contribution is -2.11. The van der Waals surface area contributed by atoms with Gasteiger partial charge in [-0.15, -0.1) is 21.5 Å². The molecule has 136 valence electrons. The second kappa shape index (κ2) is 7.79. The highest BCUT2D eigenvalue weighted by molar-refractivity contribution is 9.10. The predicted molar refractivity (Wildman–Crippen MR) is 110 cm³/mol. The van der Waals surface area contributed by atoms with Crippen molar-refractivity contribution in [3.63, 3.8) is 0 Å². The summed E-state index contributed by atoms with van der Waals surface area (Å²) >= 11 is 6.50. The molecule has 27 heavy (non-hydrogen) atoms. The van der Waals surface area contributed by atoms with Crippen LogP contribution < -0.4 is 5.84 Å². The number of rotatable bonds is 5. The van der Waals surface area contributed by atoms with E-state index in [1.54, 1.807) is 12.1 Å². The topological polar surface area (TPSA) is 69.6 Å². The molecule has 0 saturated heterocycles. The molecule has 0 aliphatic carbocycles. The van der Waals surface area contributed by atoms with E-state index in [4.69, 9.17) is 5.84 Å². The highest BCUT2D eigenvalue weighted by Crippen LogP contribution is 2.30. The Morgan fingerprint density at radius 2 is 1.89 bits per heavy atom. The molecule has 0 amide bonds. The Morgan fingerprint density at radius 1 is 1.11 bits per heavy atom. The second-order valence-electron chi connectivity index (χ2n) is 5.60. The molecule has 0 saturated carbocycles. The number of thioether (sulfide) groups is 1. The quantitative estimate of drug-likeness (QED) is 0.335. The fourth-order valence-corrected chi connectivity index (χ4v) is 4.58. The van der Waals surface area contributed by atoms with Crippen molar-refractivity contribution in [2.45, 2.75) is 10.9 Å². The lowest BCUT2D eigenvalue weighted by atomic mass is 10.2.